The molecule has 38 heavy (non-hydrogen) atoms. The van der Waals surface area contributed by atoms with Crippen LogP contribution in [0.4, 0.5) is 5.13 Å². The zero-order valence-electron chi connectivity index (χ0n) is 20.8. The second-order valence-electron chi connectivity index (χ2n) is 9.39. The first-order valence-corrected chi connectivity index (χ1v) is 13.5. The molecule has 1 atom stereocenters. The summed E-state index contributed by atoms with van der Waals surface area (Å²) in [6.45, 7) is 2.36. The molecule has 190 valence electrons. The van der Waals surface area contributed by atoms with Crippen LogP contribution in [0.3, 0.4) is 0 Å². The van der Waals surface area contributed by atoms with Gasteiger partial charge < -0.3 is 5.32 Å². The molecule has 3 aromatic carbocycles. The van der Waals surface area contributed by atoms with Crippen LogP contribution in [0.25, 0.3) is 21.5 Å². The van der Waals surface area contributed by atoms with Crippen molar-refractivity contribution in [1.82, 2.24) is 25.3 Å². The summed E-state index contributed by atoms with van der Waals surface area (Å²) in [5.41, 5.74) is 5.03. The predicted octanol–water partition coefficient (Wildman–Crippen LogP) is 5.35. The summed E-state index contributed by atoms with van der Waals surface area (Å²) in [6, 6.07) is 22.9. The lowest BCUT2D eigenvalue weighted by Gasteiger charge is -2.23. The van der Waals surface area contributed by atoms with E-state index in [0.29, 0.717) is 22.7 Å². The Balaban J connectivity index is 1.25. The fourth-order valence-corrected chi connectivity index (χ4v) is 5.70. The molecule has 5 aromatic rings. The van der Waals surface area contributed by atoms with E-state index in [0.717, 1.165) is 45.6 Å². The van der Waals surface area contributed by atoms with E-state index >= 15 is 0 Å². The van der Waals surface area contributed by atoms with Crippen LogP contribution in [0.2, 0.25) is 0 Å². The number of nitrogens with zero attached hydrogens (tertiary/aromatic N) is 4. The third-order valence-corrected chi connectivity index (χ3v) is 7.64. The van der Waals surface area contributed by atoms with Crippen molar-refractivity contribution in [1.29, 1.82) is 0 Å². The summed E-state index contributed by atoms with van der Waals surface area (Å²) in [7, 11) is 0. The number of rotatable bonds is 9. The molecule has 0 radical (unpaired) electrons. The van der Waals surface area contributed by atoms with Crippen LogP contribution < -0.4 is 5.32 Å². The Morgan fingerprint density at radius 3 is 2.42 bits per heavy atom. The molecule has 0 aliphatic carbocycles. The molecule has 2 aromatic heterocycles. The van der Waals surface area contributed by atoms with E-state index in [1.807, 2.05) is 42.5 Å². The number of imide groups is 1. The van der Waals surface area contributed by atoms with E-state index in [4.69, 9.17) is 0 Å². The summed E-state index contributed by atoms with van der Waals surface area (Å²) < 4.78 is 0. The van der Waals surface area contributed by atoms with Crippen molar-refractivity contribution >= 4 is 39.2 Å². The van der Waals surface area contributed by atoms with E-state index in [-0.39, 0.29) is 24.4 Å². The molecular formula is C29H26N6O2S. The van der Waals surface area contributed by atoms with Crippen molar-refractivity contribution in [3.05, 3.63) is 95.2 Å². The van der Waals surface area contributed by atoms with Crippen molar-refractivity contribution in [2.75, 3.05) is 11.9 Å². The smallest absolute Gasteiger partial charge is 0.261 e. The van der Waals surface area contributed by atoms with E-state index in [1.165, 1.54) is 16.2 Å². The summed E-state index contributed by atoms with van der Waals surface area (Å²) in [5.74, 6) is -0.528. The van der Waals surface area contributed by atoms with Crippen LogP contribution in [0, 0.1) is 0 Å². The highest BCUT2D eigenvalue weighted by molar-refractivity contribution is 7.18. The first-order chi connectivity index (χ1) is 18.6. The summed E-state index contributed by atoms with van der Waals surface area (Å²) in [6.07, 6.45) is 2.54. The van der Waals surface area contributed by atoms with Crippen LogP contribution in [-0.4, -0.2) is 49.7 Å². The molecular weight excluding hydrogens is 496 g/mol. The van der Waals surface area contributed by atoms with Gasteiger partial charge in [-0.15, -0.1) is 10.2 Å². The van der Waals surface area contributed by atoms with Crippen LogP contribution in [0.5, 0.6) is 0 Å². The number of carbonyl (C=O) groups is 2. The molecule has 9 heteroatoms. The van der Waals surface area contributed by atoms with Gasteiger partial charge >= 0.3 is 0 Å². The van der Waals surface area contributed by atoms with Crippen molar-refractivity contribution in [3.8, 4) is 10.6 Å². The van der Waals surface area contributed by atoms with Crippen molar-refractivity contribution < 1.29 is 9.59 Å². The lowest BCUT2D eigenvalue weighted by Crippen LogP contribution is -2.41. The van der Waals surface area contributed by atoms with Crippen LogP contribution in [-0.2, 0) is 12.8 Å². The Morgan fingerprint density at radius 1 is 0.947 bits per heavy atom. The lowest BCUT2D eigenvalue weighted by atomic mass is 10.1. The molecule has 0 fully saturated rings. The van der Waals surface area contributed by atoms with Gasteiger partial charge in [0.05, 0.1) is 28.4 Å². The number of H-pyrrole nitrogens is 1. The average Bonchev–Trinajstić information content (AvgIpc) is 3.64. The van der Waals surface area contributed by atoms with Gasteiger partial charge in [0.15, 0.2) is 0 Å². The maximum absolute atomic E-state index is 13.0. The number of benzene rings is 3. The van der Waals surface area contributed by atoms with Crippen molar-refractivity contribution in [3.63, 3.8) is 0 Å². The maximum atomic E-state index is 13.0. The molecule has 3 heterocycles. The molecule has 0 saturated heterocycles. The normalized spacial score (nSPS) is 13.8. The number of aryl methyl sites for hydroxylation is 1. The maximum Gasteiger partial charge on any atom is 0.261 e. The minimum absolute atomic E-state index is 0.220. The molecule has 0 unspecified atom stereocenters. The third-order valence-electron chi connectivity index (χ3n) is 6.73. The van der Waals surface area contributed by atoms with Gasteiger partial charge in [0.2, 0.25) is 5.13 Å². The zero-order chi connectivity index (χ0) is 26.1. The number of hydrogen-bond acceptors (Lipinski definition) is 7. The van der Waals surface area contributed by atoms with Gasteiger partial charge in [0.1, 0.15) is 5.01 Å². The fourth-order valence-electron chi connectivity index (χ4n) is 4.89. The van der Waals surface area contributed by atoms with Gasteiger partial charge in [-0.2, -0.15) is 5.10 Å². The topological polar surface area (TPSA) is 104 Å². The Kier molecular flexibility index (Phi) is 6.43. The minimum Gasteiger partial charge on any atom is -0.355 e. The molecule has 8 nitrogen and oxygen atoms in total. The number of aromatic amines is 1. The lowest BCUT2D eigenvalue weighted by molar-refractivity contribution is 0.0647. The summed E-state index contributed by atoms with van der Waals surface area (Å²) in [4.78, 5) is 27.4. The Bertz CT molecular complexity index is 1590. The Hall–Kier alpha value is -4.37. The molecule has 0 spiro atoms. The highest BCUT2D eigenvalue weighted by Crippen LogP contribution is 2.31. The number of nitrogens with one attached hydrogen (secondary N) is 2. The van der Waals surface area contributed by atoms with Crippen LogP contribution in [0.15, 0.2) is 72.8 Å². The molecule has 2 N–H and O–H groups in total. The number of amides is 2. The molecule has 6 rings (SSSR count). The number of anilines is 1. The first kappa shape index (κ1) is 24.0. The van der Waals surface area contributed by atoms with Gasteiger partial charge in [-0.3, -0.25) is 19.6 Å². The van der Waals surface area contributed by atoms with E-state index in [1.54, 1.807) is 24.3 Å². The second kappa shape index (κ2) is 10.2. The molecule has 0 saturated carbocycles. The number of carbonyl (C=O) groups excluding carboxylic acids is 2. The van der Waals surface area contributed by atoms with E-state index in [9.17, 15) is 9.59 Å². The highest BCUT2D eigenvalue weighted by atomic mass is 32.1. The number of fused-ring (bicyclic) bond motifs is 2. The average molecular weight is 523 g/mol. The summed E-state index contributed by atoms with van der Waals surface area (Å²) in [5, 5.41) is 22.4. The predicted molar refractivity (Wildman–Crippen MR) is 148 cm³/mol. The molecule has 2 amide bonds. The second-order valence-corrected chi connectivity index (χ2v) is 10.4. The molecule has 1 aliphatic rings. The van der Waals surface area contributed by atoms with E-state index in [2.05, 4.69) is 38.7 Å². The minimum atomic E-state index is -0.264. The Morgan fingerprint density at radius 2 is 1.68 bits per heavy atom. The van der Waals surface area contributed by atoms with Crippen LogP contribution >= 0.6 is 11.3 Å². The van der Waals surface area contributed by atoms with Crippen molar-refractivity contribution in [2.45, 2.75) is 32.2 Å². The Labute approximate surface area is 223 Å². The van der Waals surface area contributed by atoms with Crippen LogP contribution in [0.1, 0.15) is 45.3 Å². The van der Waals surface area contributed by atoms with Gasteiger partial charge in [-0.25, -0.2) is 0 Å². The largest absolute Gasteiger partial charge is 0.355 e. The highest BCUT2D eigenvalue weighted by Gasteiger charge is 2.36. The quantitative estimate of drug-likeness (QED) is 0.253. The van der Waals surface area contributed by atoms with Crippen molar-refractivity contribution in [2.24, 2.45) is 0 Å². The number of hydrogen-bond donors (Lipinski definition) is 2. The molecule has 1 aliphatic heterocycles. The van der Waals surface area contributed by atoms with Gasteiger partial charge in [-0.05, 0) is 48.7 Å². The number of aromatic nitrogens is 4. The van der Waals surface area contributed by atoms with Gasteiger partial charge in [0, 0.05) is 17.5 Å². The zero-order valence-corrected chi connectivity index (χ0v) is 21.7. The summed E-state index contributed by atoms with van der Waals surface area (Å²) >= 11 is 1.45. The fraction of sp³-hybridized carbons (Fsp3) is 0.207. The van der Waals surface area contributed by atoms with Gasteiger partial charge in [-0.1, -0.05) is 67.1 Å². The third kappa shape index (κ3) is 4.56. The first-order valence-electron chi connectivity index (χ1n) is 12.7. The monoisotopic (exact) mass is 522 g/mol. The SMILES string of the molecule is CCCc1n[nH]c2ccc(-c3nnc(N[C@H](Cc4ccccc4)CN4C(=O)c5ccccc5C4=O)s3)cc12. The molecule has 0 bridgehead atoms. The van der Waals surface area contributed by atoms with E-state index < -0.39 is 0 Å². The standard InChI is InChI=1S/C29H26N6O2S/c1-2-8-24-23-16-19(13-14-25(23)32-31-24)26-33-34-29(38-26)30-20(15-18-9-4-3-5-10-18)17-35-27(36)21-11-6-7-12-22(21)28(35)37/h3-7,9-14,16,20H,2,8,15,17H2,1H3,(H,30,34)(H,31,32)/t20-/m1/s1. The van der Waals surface area contributed by atoms with Gasteiger partial charge in [0.25, 0.3) is 11.8 Å².